The third kappa shape index (κ3) is 4.54. The van der Waals surface area contributed by atoms with Gasteiger partial charge >= 0.3 is 0 Å². The van der Waals surface area contributed by atoms with Gasteiger partial charge in [-0.1, -0.05) is 6.92 Å². The van der Waals surface area contributed by atoms with Crippen molar-refractivity contribution < 1.29 is 14.8 Å². The number of aliphatic hydroxyl groups is 1. The van der Waals surface area contributed by atoms with Crippen LogP contribution in [0, 0.1) is 10.1 Å². The molecule has 0 aliphatic rings. The van der Waals surface area contributed by atoms with Crippen molar-refractivity contribution in [3.8, 4) is 5.75 Å². The van der Waals surface area contributed by atoms with Gasteiger partial charge < -0.3 is 9.84 Å². The van der Waals surface area contributed by atoms with Crippen LogP contribution in [-0.2, 0) is 0 Å². The fourth-order valence-corrected chi connectivity index (χ4v) is 2.25. The molecule has 0 fully saturated rings. The second-order valence-corrected chi connectivity index (χ2v) is 5.71. The highest BCUT2D eigenvalue weighted by Crippen LogP contribution is 2.31. The van der Waals surface area contributed by atoms with Gasteiger partial charge in [-0.25, -0.2) is 0 Å². The third-order valence-corrected chi connectivity index (χ3v) is 3.10. The van der Waals surface area contributed by atoms with Gasteiger partial charge in [0.05, 0.1) is 23.7 Å². The van der Waals surface area contributed by atoms with E-state index in [0.29, 0.717) is 5.75 Å². The molecule has 1 atom stereocenters. The van der Waals surface area contributed by atoms with E-state index in [1.165, 1.54) is 23.9 Å². The van der Waals surface area contributed by atoms with Crippen LogP contribution in [0.25, 0.3) is 0 Å². The third-order valence-electron chi connectivity index (χ3n) is 2.04. The molecule has 0 bridgehead atoms. The van der Waals surface area contributed by atoms with Crippen LogP contribution in [0.15, 0.2) is 23.1 Å². The molecule has 100 valence electrons. The van der Waals surface area contributed by atoms with E-state index < -0.39 is 4.92 Å². The number of benzene rings is 1. The van der Waals surface area contributed by atoms with E-state index in [0.717, 1.165) is 4.90 Å². The van der Waals surface area contributed by atoms with Crippen LogP contribution in [0.2, 0.25) is 0 Å². The van der Waals surface area contributed by atoms with Crippen LogP contribution in [0.3, 0.4) is 0 Å². The Morgan fingerprint density at radius 1 is 1.39 bits per heavy atom. The van der Waals surface area contributed by atoms with Crippen molar-refractivity contribution in [2.45, 2.75) is 37.0 Å². The molecular formula is C12H17NO4S. The lowest BCUT2D eigenvalue weighted by Crippen LogP contribution is -2.06. The van der Waals surface area contributed by atoms with Crippen LogP contribution < -0.4 is 4.74 Å². The Kier molecular flexibility index (Phi) is 5.43. The van der Waals surface area contributed by atoms with Crippen LogP contribution in [-0.4, -0.2) is 28.0 Å². The highest BCUT2D eigenvalue weighted by atomic mass is 32.2. The lowest BCUT2D eigenvalue weighted by atomic mass is 10.3. The van der Waals surface area contributed by atoms with Crippen molar-refractivity contribution in [2.75, 3.05) is 6.61 Å². The van der Waals surface area contributed by atoms with Gasteiger partial charge in [-0.15, -0.1) is 11.8 Å². The highest BCUT2D eigenvalue weighted by molar-refractivity contribution is 8.00. The first-order chi connectivity index (χ1) is 8.42. The zero-order valence-electron chi connectivity index (χ0n) is 10.6. The molecule has 0 amide bonds. The lowest BCUT2D eigenvalue weighted by Gasteiger charge is -2.12. The van der Waals surface area contributed by atoms with E-state index in [1.807, 2.05) is 20.8 Å². The number of rotatable bonds is 6. The minimum atomic E-state index is -0.444. The highest BCUT2D eigenvalue weighted by Gasteiger charge is 2.13. The van der Waals surface area contributed by atoms with E-state index in [1.54, 1.807) is 6.07 Å². The minimum absolute atomic E-state index is 0.000731. The van der Waals surface area contributed by atoms with Crippen molar-refractivity contribution in [2.24, 2.45) is 0 Å². The molecular weight excluding hydrogens is 254 g/mol. The summed E-state index contributed by atoms with van der Waals surface area (Å²) >= 11 is 1.38. The molecule has 0 radical (unpaired) electrons. The summed E-state index contributed by atoms with van der Waals surface area (Å²) in [5.41, 5.74) is 0.000731. The van der Waals surface area contributed by atoms with Crippen molar-refractivity contribution in [3.05, 3.63) is 28.3 Å². The van der Waals surface area contributed by atoms with Gasteiger partial charge in [0.15, 0.2) is 0 Å². The molecule has 0 aliphatic carbocycles. The van der Waals surface area contributed by atoms with E-state index in [2.05, 4.69) is 0 Å². The molecule has 0 aromatic heterocycles. The molecule has 0 saturated heterocycles. The summed E-state index contributed by atoms with van der Waals surface area (Å²) in [6, 6.07) is 4.65. The van der Waals surface area contributed by atoms with Crippen molar-refractivity contribution in [3.63, 3.8) is 0 Å². The average Bonchev–Trinajstić information content (AvgIpc) is 2.27. The summed E-state index contributed by atoms with van der Waals surface area (Å²) in [5.74, 6) is 0.479. The first-order valence-corrected chi connectivity index (χ1v) is 6.54. The second-order valence-electron chi connectivity index (χ2n) is 4.20. The molecule has 0 saturated carbocycles. The molecule has 0 aliphatic heterocycles. The molecule has 6 heteroatoms. The van der Waals surface area contributed by atoms with E-state index in [9.17, 15) is 10.1 Å². The van der Waals surface area contributed by atoms with Gasteiger partial charge in [-0.3, -0.25) is 10.1 Å². The van der Waals surface area contributed by atoms with E-state index in [-0.39, 0.29) is 23.6 Å². The van der Waals surface area contributed by atoms with Gasteiger partial charge in [0.2, 0.25) is 0 Å². The zero-order valence-corrected chi connectivity index (χ0v) is 11.4. The molecule has 5 nitrogen and oxygen atoms in total. The number of non-ortho nitro benzene ring substituents is 1. The largest absolute Gasteiger partial charge is 0.491 e. The first-order valence-electron chi connectivity index (χ1n) is 5.66. The number of hydrogen-bond acceptors (Lipinski definition) is 5. The Morgan fingerprint density at radius 2 is 2.06 bits per heavy atom. The smallest absolute Gasteiger partial charge is 0.274 e. The molecule has 1 unspecified atom stereocenters. The standard InChI is InChI=1S/C12H17NO4S/c1-8(2)17-11-4-10(13(15)16)5-12(6-11)18-9(3)7-14/h4-6,8-9,14H,7H2,1-3H3. The van der Waals surface area contributed by atoms with E-state index in [4.69, 9.17) is 9.84 Å². The molecule has 1 rings (SSSR count). The number of thioether (sulfide) groups is 1. The Hall–Kier alpha value is -1.27. The molecule has 1 N–H and O–H groups in total. The molecule has 0 heterocycles. The Balaban J connectivity index is 3.01. The van der Waals surface area contributed by atoms with Gasteiger partial charge in [0, 0.05) is 16.2 Å². The number of aliphatic hydroxyl groups excluding tert-OH is 1. The Morgan fingerprint density at radius 3 is 2.56 bits per heavy atom. The van der Waals surface area contributed by atoms with Crippen molar-refractivity contribution in [1.82, 2.24) is 0 Å². The SMILES string of the molecule is CC(C)Oc1cc(SC(C)CO)cc([N+](=O)[O-])c1. The van der Waals surface area contributed by atoms with Crippen LogP contribution >= 0.6 is 11.8 Å². The van der Waals surface area contributed by atoms with Crippen molar-refractivity contribution >= 4 is 17.4 Å². The molecule has 18 heavy (non-hydrogen) atoms. The summed E-state index contributed by atoms with van der Waals surface area (Å²) in [5, 5.41) is 19.8. The number of nitro groups is 1. The lowest BCUT2D eigenvalue weighted by molar-refractivity contribution is -0.385. The predicted octanol–water partition coefficient (Wildman–Crippen LogP) is 2.85. The zero-order chi connectivity index (χ0) is 13.7. The van der Waals surface area contributed by atoms with Crippen molar-refractivity contribution in [1.29, 1.82) is 0 Å². The fraction of sp³-hybridized carbons (Fsp3) is 0.500. The summed E-state index contributed by atoms with van der Waals surface area (Å²) in [7, 11) is 0. The molecule has 1 aromatic carbocycles. The molecule has 1 aromatic rings. The summed E-state index contributed by atoms with van der Waals surface area (Å²) < 4.78 is 5.48. The Bertz CT molecular complexity index is 423. The normalized spacial score (nSPS) is 12.5. The van der Waals surface area contributed by atoms with Crippen LogP contribution in [0.1, 0.15) is 20.8 Å². The number of nitro benzene ring substituents is 1. The Labute approximate surface area is 110 Å². The molecule has 0 spiro atoms. The topological polar surface area (TPSA) is 72.6 Å². The fourth-order valence-electron chi connectivity index (χ4n) is 1.34. The summed E-state index contributed by atoms with van der Waals surface area (Å²) in [6.07, 6.45) is -0.0416. The van der Waals surface area contributed by atoms with Gasteiger partial charge in [0.1, 0.15) is 5.75 Å². The van der Waals surface area contributed by atoms with Gasteiger partial charge in [0.25, 0.3) is 5.69 Å². The minimum Gasteiger partial charge on any atom is -0.491 e. The quantitative estimate of drug-likeness (QED) is 0.489. The average molecular weight is 271 g/mol. The van der Waals surface area contributed by atoms with Gasteiger partial charge in [-0.05, 0) is 19.9 Å². The number of ether oxygens (including phenoxy) is 1. The predicted molar refractivity (Wildman–Crippen MR) is 71.3 cm³/mol. The van der Waals surface area contributed by atoms with Gasteiger partial charge in [-0.2, -0.15) is 0 Å². The number of nitrogens with zero attached hydrogens (tertiary/aromatic N) is 1. The first kappa shape index (κ1) is 14.8. The second kappa shape index (κ2) is 6.61. The monoisotopic (exact) mass is 271 g/mol. The van der Waals surface area contributed by atoms with E-state index >= 15 is 0 Å². The van der Waals surface area contributed by atoms with Crippen LogP contribution in [0.4, 0.5) is 5.69 Å². The summed E-state index contributed by atoms with van der Waals surface area (Å²) in [6.45, 7) is 5.60. The maximum absolute atomic E-state index is 10.8. The van der Waals surface area contributed by atoms with Crippen LogP contribution in [0.5, 0.6) is 5.75 Å². The number of hydrogen-bond donors (Lipinski definition) is 1. The maximum atomic E-state index is 10.8. The summed E-state index contributed by atoms with van der Waals surface area (Å²) in [4.78, 5) is 11.1. The maximum Gasteiger partial charge on any atom is 0.274 e.